The standard InChI is InChI=1S/C14H20N4OS/c1-2-3-7-13(10-11-19)18-14(20)17(15-16-18)12-8-5-4-6-9-12/h4-6,8-9,13,19H,2-3,7,10-11H2,1H3/t13-/m1/s1. The van der Waals surface area contributed by atoms with Crippen LogP contribution in [0.3, 0.4) is 0 Å². The van der Waals surface area contributed by atoms with Crippen LogP contribution in [0.25, 0.3) is 5.69 Å². The Balaban J connectivity index is 2.29. The van der Waals surface area contributed by atoms with Crippen molar-refractivity contribution in [3.05, 3.63) is 35.1 Å². The number of para-hydroxylation sites is 1. The summed E-state index contributed by atoms with van der Waals surface area (Å²) in [5.74, 6) is 0. The SMILES string of the molecule is CCCC[C@H](CCO)n1nnn(-c2ccccc2)c1=S. The van der Waals surface area contributed by atoms with E-state index in [2.05, 4.69) is 17.4 Å². The Morgan fingerprint density at radius 2 is 1.95 bits per heavy atom. The Bertz CT molecular complexity index is 578. The molecule has 0 bridgehead atoms. The molecule has 0 aliphatic carbocycles. The molecular weight excluding hydrogens is 272 g/mol. The number of tetrazole rings is 1. The molecule has 0 unspecified atom stereocenters. The summed E-state index contributed by atoms with van der Waals surface area (Å²) in [6.07, 6.45) is 3.81. The van der Waals surface area contributed by atoms with Crippen molar-refractivity contribution in [2.24, 2.45) is 0 Å². The lowest BCUT2D eigenvalue weighted by molar-refractivity contribution is 0.241. The highest BCUT2D eigenvalue weighted by Crippen LogP contribution is 2.19. The number of unbranched alkanes of at least 4 members (excludes halogenated alkanes) is 1. The van der Waals surface area contributed by atoms with Gasteiger partial charge in [0.15, 0.2) is 0 Å². The summed E-state index contributed by atoms with van der Waals surface area (Å²) in [6.45, 7) is 2.28. The largest absolute Gasteiger partial charge is 0.396 e. The molecule has 0 aliphatic rings. The zero-order chi connectivity index (χ0) is 14.4. The van der Waals surface area contributed by atoms with Crippen molar-refractivity contribution in [3.63, 3.8) is 0 Å². The Morgan fingerprint density at radius 1 is 1.20 bits per heavy atom. The van der Waals surface area contributed by atoms with E-state index in [9.17, 15) is 5.11 Å². The first-order valence-electron chi connectivity index (χ1n) is 6.98. The quantitative estimate of drug-likeness (QED) is 0.797. The van der Waals surface area contributed by atoms with Gasteiger partial charge in [0.05, 0.1) is 11.7 Å². The van der Waals surface area contributed by atoms with Crippen molar-refractivity contribution in [3.8, 4) is 5.69 Å². The van der Waals surface area contributed by atoms with Crippen molar-refractivity contribution in [1.29, 1.82) is 0 Å². The fourth-order valence-electron chi connectivity index (χ4n) is 2.19. The molecule has 0 spiro atoms. The summed E-state index contributed by atoms with van der Waals surface area (Å²) in [6, 6.07) is 9.85. The molecule has 0 amide bonds. The van der Waals surface area contributed by atoms with Crippen LogP contribution in [-0.2, 0) is 0 Å². The van der Waals surface area contributed by atoms with Crippen molar-refractivity contribution in [2.75, 3.05) is 6.61 Å². The molecule has 20 heavy (non-hydrogen) atoms. The molecule has 1 aromatic carbocycles. The van der Waals surface area contributed by atoms with Gasteiger partial charge in [-0.1, -0.05) is 38.0 Å². The molecule has 108 valence electrons. The van der Waals surface area contributed by atoms with Crippen LogP contribution in [-0.4, -0.2) is 31.5 Å². The number of rotatable bonds is 7. The fraction of sp³-hybridized carbons (Fsp3) is 0.500. The van der Waals surface area contributed by atoms with E-state index in [0.29, 0.717) is 11.2 Å². The lowest BCUT2D eigenvalue weighted by Gasteiger charge is -2.14. The molecule has 1 aromatic heterocycles. The van der Waals surface area contributed by atoms with Crippen LogP contribution in [0.2, 0.25) is 0 Å². The van der Waals surface area contributed by atoms with Crippen LogP contribution in [0.15, 0.2) is 30.3 Å². The number of hydrogen-bond acceptors (Lipinski definition) is 4. The van der Waals surface area contributed by atoms with E-state index in [-0.39, 0.29) is 12.6 Å². The smallest absolute Gasteiger partial charge is 0.220 e. The first-order valence-corrected chi connectivity index (χ1v) is 7.39. The minimum atomic E-state index is 0.116. The Kier molecular flexibility index (Phi) is 5.43. The van der Waals surface area contributed by atoms with Crippen LogP contribution in [0.5, 0.6) is 0 Å². The average Bonchev–Trinajstić information content (AvgIpc) is 2.86. The maximum absolute atomic E-state index is 9.21. The second-order valence-corrected chi connectivity index (χ2v) is 5.13. The van der Waals surface area contributed by atoms with E-state index in [1.165, 1.54) is 0 Å². The van der Waals surface area contributed by atoms with E-state index in [4.69, 9.17) is 12.2 Å². The fourth-order valence-corrected chi connectivity index (χ4v) is 2.52. The molecule has 5 nitrogen and oxygen atoms in total. The summed E-state index contributed by atoms with van der Waals surface area (Å²) >= 11 is 5.47. The first kappa shape index (κ1) is 14.9. The van der Waals surface area contributed by atoms with E-state index in [1.807, 2.05) is 30.3 Å². The van der Waals surface area contributed by atoms with Crippen LogP contribution in [0.4, 0.5) is 0 Å². The van der Waals surface area contributed by atoms with E-state index < -0.39 is 0 Å². The summed E-state index contributed by atoms with van der Waals surface area (Å²) < 4.78 is 3.99. The third kappa shape index (κ3) is 3.32. The Morgan fingerprint density at radius 3 is 2.60 bits per heavy atom. The predicted molar refractivity (Wildman–Crippen MR) is 80.4 cm³/mol. The van der Waals surface area contributed by atoms with Gasteiger partial charge in [0, 0.05) is 6.61 Å². The third-order valence-electron chi connectivity index (χ3n) is 3.30. The number of aromatic nitrogens is 4. The molecular formula is C14H20N4OS. The van der Waals surface area contributed by atoms with Gasteiger partial charge in [-0.25, -0.2) is 4.68 Å². The minimum Gasteiger partial charge on any atom is -0.396 e. The highest BCUT2D eigenvalue weighted by atomic mass is 32.1. The summed E-state index contributed by atoms with van der Waals surface area (Å²) in [5, 5.41) is 17.5. The molecule has 2 rings (SSSR count). The van der Waals surface area contributed by atoms with Crippen molar-refractivity contribution < 1.29 is 5.11 Å². The zero-order valence-corrected chi connectivity index (χ0v) is 12.5. The second-order valence-electron chi connectivity index (χ2n) is 4.76. The second kappa shape index (κ2) is 7.31. The number of aliphatic hydroxyl groups is 1. The first-order chi connectivity index (χ1) is 9.77. The molecule has 0 fully saturated rings. The molecule has 6 heteroatoms. The van der Waals surface area contributed by atoms with Crippen LogP contribution >= 0.6 is 12.2 Å². The number of benzene rings is 1. The number of hydrogen-bond donors (Lipinski definition) is 1. The predicted octanol–water partition coefficient (Wildman–Crippen LogP) is 2.91. The number of nitrogens with zero attached hydrogens (tertiary/aromatic N) is 4. The average molecular weight is 292 g/mol. The third-order valence-corrected chi connectivity index (χ3v) is 3.66. The van der Waals surface area contributed by atoms with Gasteiger partial charge in [0.25, 0.3) is 0 Å². The summed E-state index contributed by atoms with van der Waals surface area (Å²) in [4.78, 5) is 0. The Labute approximate surface area is 123 Å². The van der Waals surface area contributed by atoms with E-state index >= 15 is 0 Å². The highest BCUT2D eigenvalue weighted by Gasteiger charge is 2.15. The van der Waals surface area contributed by atoms with E-state index in [0.717, 1.165) is 24.9 Å². The van der Waals surface area contributed by atoms with Gasteiger partial charge in [-0.05, 0) is 47.6 Å². The zero-order valence-electron chi connectivity index (χ0n) is 11.6. The van der Waals surface area contributed by atoms with Gasteiger partial charge in [0.1, 0.15) is 0 Å². The molecule has 1 heterocycles. The summed E-state index contributed by atoms with van der Waals surface area (Å²) in [7, 11) is 0. The normalized spacial score (nSPS) is 12.5. The minimum absolute atomic E-state index is 0.116. The molecule has 0 aliphatic heterocycles. The van der Waals surface area contributed by atoms with Crippen LogP contribution < -0.4 is 0 Å². The van der Waals surface area contributed by atoms with Gasteiger partial charge in [-0.3, -0.25) is 0 Å². The maximum Gasteiger partial charge on any atom is 0.220 e. The van der Waals surface area contributed by atoms with Crippen LogP contribution in [0.1, 0.15) is 38.6 Å². The van der Waals surface area contributed by atoms with Gasteiger partial charge in [-0.2, -0.15) is 4.68 Å². The van der Waals surface area contributed by atoms with Crippen molar-refractivity contribution in [1.82, 2.24) is 19.8 Å². The number of aliphatic hydroxyl groups excluding tert-OH is 1. The van der Waals surface area contributed by atoms with Crippen molar-refractivity contribution >= 4 is 12.2 Å². The molecule has 0 radical (unpaired) electrons. The van der Waals surface area contributed by atoms with Crippen molar-refractivity contribution in [2.45, 2.75) is 38.6 Å². The van der Waals surface area contributed by atoms with Gasteiger partial charge in [-0.15, -0.1) is 0 Å². The lowest BCUT2D eigenvalue weighted by Crippen LogP contribution is -2.13. The topological polar surface area (TPSA) is 55.9 Å². The Hall–Kier alpha value is -1.53. The van der Waals surface area contributed by atoms with Gasteiger partial charge in [0.2, 0.25) is 4.77 Å². The molecule has 0 saturated heterocycles. The molecule has 1 N–H and O–H groups in total. The lowest BCUT2D eigenvalue weighted by atomic mass is 10.1. The molecule has 0 saturated carbocycles. The monoisotopic (exact) mass is 292 g/mol. The molecule has 2 aromatic rings. The van der Waals surface area contributed by atoms with E-state index in [1.54, 1.807) is 9.36 Å². The van der Waals surface area contributed by atoms with Gasteiger partial charge < -0.3 is 5.11 Å². The highest BCUT2D eigenvalue weighted by molar-refractivity contribution is 7.71. The van der Waals surface area contributed by atoms with Gasteiger partial charge >= 0.3 is 0 Å². The van der Waals surface area contributed by atoms with Crippen LogP contribution in [0, 0.1) is 4.77 Å². The molecule has 1 atom stereocenters. The summed E-state index contributed by atoms with van der Waals surface area (Å²) in [5.41, 5.74) is 0.905. The maximum atomic E-state index is 9.21.